The van der Waals surface area contributed by atoms with Crippen molar-refractivity contribution in [1.82, 2.24) is 20.0 Å². The molecule has 0 bridgehead atoms. The van der Waals surface area contributed by atoms with Crippen LogP contribution in [0.2, 0.25) is 0 Å². The van der Waals surface area contributed by atoms with Crippen LogP contribution in [0.15, 0.2) is 30.3 Å². The number of carbonyl (C=O) groups is 1. The standard InChI is InChI=1S/C22H30N4O2/c1-25-20(14-18(24-25)17-9-3-4-11-21(17)28-2)22(27)23-15-16-8-7-13-26-12-6-5-10-19(16)26/h3-4,9,11,14,16,19H,5-8,10,12-13,15H2,1-2H3,(H,23,27)/t16-,19+/m0/s1. The molecule has 3 heterocycles. The van der Waals surface area contributed by atoms with Crippen LogP contribution >= 0.6 is 0 Å². The lowest BCUT2D eigenvalue weighted by Crippen LogP contribution is -2.51. The van der Waals surface area contributed by atoms with E-state index in [0.29, 0.717) is 17.7 Å². The van der Waals surface area contributed by atoms with Gasteiger partial charge in [0.1, 0.15) is 11.4 Å². The molecule has 0 unspecified atom stereocenters. The van der Waals surface area contributed by atoms with E-state index in [1.54, 1.807) is 11.8 Å². The molecule has 2 aliphatic rings. The molecule has 0 saturated carbocycles. The van der Waals surface area contributed by atoms with Gasteiger partial charge in [0, 0.05) is 25.2 Å². The van der Waals surface area contributed by atoms with Crippen molar-refractivity contribution in [3.8, 4) is 17.0 Å². The maximum absolute atomic E-state index is 12.9. The number of nitrogens with one attached hydrogen (secondary N) is 1. The summed E-state index contributed by atoms with van der Waals surface area (Å²) in [4.78, 5) is 15.5. The first-order valence-electron chi connectivity index (χ1n) is 10.4. The van der Waals surface area contributed by atoms with Gasteiger partial charge >= 0.3 is 0 Å². The molecule has 0 aliphatic carbocycles. The van der Waals surface area contributed by atoms with Crippen molar-refractivity contribution in [3.05, 3.63) is 36.0 Å². The van der Waals surface area contributed by atoms with Crippen LogP contribution in [0, 0.1) is 5.92 Å². The molecule has 1 N–H and O–H groups in total. The number of hydrogen-bond donors (Lipinski definition) is 1. The van der Waals surface area contributed by atoms with Crippen molar-refractivity contribution in [2.45, 2.75) is 38.1 Å². The highest BCUT2D eigenvalue weighted by atomic mass is 16.5. The zero-order valence-corrected chi connectivity index (χ0v) is 16.9. The Morgan fingerprint density at radius 1 is 1.21 bits per heavy atom. The number of piperidine rings is 2. The Bertz CT molecular complexity index is 830. The number of ether oxygens (including phenoxy) is 1. The molecule has 1 aromatic carbocycles. The summed E-state index contributed by atoms with van der Waals surface area (Å²) in [5.41, 5.74) is 2.23. The van der Waals surface area contributed by atoms with Gasteiger partial charge in [-0.1, -0.05) is 18.6 Å². The average Bonchev–Trinajstić information content (AvgIpc) is 3.13. The first-order chi connectivity index (χ1) is 13.7. The lowest BCUT2D eigenvalue weighted by atomic mass is 9.83. The Morgan fingerprint density at radius 3 is 2.89 bits per heavy atom. The van der Waals surface area contributed by atoms with Crippen LogP contribution in [0.5, 0.6) is 5.75 Å². The van der Waals surface area contributed by atoms with Crippen LogP contribution in [-0.2, 0) is 7.05 Å². The highest BCUT2D eigenvalue weighted by molar-refractivity contribution is 5.93. The van der Waals surface area contributed by atoms with Crippen LogP contribution in [-0.4, -0.2) is 53.4 Å². The number of rotatable bonds is 5. The number of aryl methyl sites for hydroxylation is 1. The summed E-state index contributed by atoms with van der Waals surface area (Å²) >= 11 is 0. The lowest BCUT2D eigenvalue weighted by Gasteiger charge is -2.44. The third kappa shape index (κ3) is 3.78. The normalized spacial score (nSPS) is 22.5. The van der Waals surface area contributed by atoms with Crippen LogP contribution in [0.25, 0.3) is 11.3 Å². The SMILES string of the molecule is COc1ccccc1-c1cc(C(=O)NC[C@@H]2CCCN3CCCC[C@H]23)n(C)n1. The fourth-order valence-corrected chi connectivity index (χ4v) is 4.80. The van der Waals surface area contributed by atoms with Gasteiger partial charge in [-0.25, -0.2) is 0 Å². The van der Waals surface area contributed by atoms with Gasteiger partial charge in [0.05, 0.1) is 12.8 Å². The van der Waals surface area contributed by atoms with Crippen LogP contribution in [0.3, 0.4) is 0 Å². The Hall–Kier alpha value is -2.34. The Balaban J connectivity index is 1.44. The predicted octanol–water partition coefficient (Wildman–Crippen LogP) is 3.09. The molecule has 2 fully saturated rings. The molecule has 4 rings (SSSR count). The molecule has 2 aromatic rings. The minimum Gasteiger partial charge on any atom is -0.496 e. The zero-order valence-electron chi connectivity index (χ0n) is 16.9. The van der Waals surface area contributed by atoms with Crippen molar-refractivity contribution in [2.24, 2.45) is 13.0 Å². The highest BCUT2D eigenvalue weighted by Gasteiger charge is 2.33. The maximum Gasteiger partial charge on any atom is 0.269 e. The monoisotopic (exact) mass is 382 g/mol. The fourth-order valence-electron chi connectivity index (χ4n) is 4.80. The van der Waals surface area contributed by atoms with E-state index in [4.69, 9.17) is 4.74 Å². The number of hydrogen-bond acceptors (Lipinski definition) is 4. The van der Waals surface area contributed by atoms with Crippen molar-refractivity contribution in [3.63, 3.8) is 0 Å². The first-order valence-corrected chi connectivity index (χ1v) is 10.4. The van der Waals surface area contributed by atoms with E-state index in [9.17, 15) is 4.79 Å². The van der Waals surface area contributed by atoms with E-state index >= 15 is 0 Å². The second kappa shape index (κ2) is 8.35. The summed E-state index contributed by atoms with van der Waals surface area (Å²) in [5.74, 6) is 1.26. The Labute approximate surface area is 166 Å². The molecule has 2 atom stereocenters. The molecule has 6 nitrogen and oxygen atoms in total. The number of amides is 1. The number of methoxy groups -OCH3 is 1. The molecular weight excluding hydrogens is 352 g/mol. The molecule has 0 spiro atoms. The van der Waals surface area contributed by atoms with E-state index < -0.39 is 0 Å². The molecule has 0 radical (unpaired) electrons. The van der Waals surface area contributed by atoms with Crippen molar-refractivity contribution < 1.29 is 9.53 Å². The topological polar surface area (TPSA) is 59.4 Å². The second-order valence-electron chi connectivity index (χ2n) is 7.95. The number of nitrogens with zero attached hydrogens (tertiary/aromatic N) is 3. The fraction of sp³-hybridized carbons (Fsp3) is 0.545. The van der Waals surface area contributed by atoms with E-state index in [1.165, 1.54) is 45.2 Å². The zero-order chi connectivity index (χ0) is 19.5. The molecule has 28 heavy (non-hydrogen) atoms. The van der Waals surface area contributed by atoms with Crippen molar-refractivity contribution >= 4 is 5.91 Å². The van der Waals surface area contributed by atoms with Gasteiger partial charge in [-0.2, -0.15) is 5.10 Å². The van der Waals surface area contributed by atoms with Crippen molar-refractivity contribution in [2.75, 3.05) is 26.7 Å². The smallest absolute Gasteiger partial charge is 0.269 e. The third-order valence-electron chi connectivity index (χ3n) is 6.25. The van der Waals surface area contributed by atoms with E-state index in [-0.39, 0.29) is 5.91 Å². The van der Waals surface area contributed by atoms with Gasteiger partial charge < -0.3 is 15.0 Å². The average molecular weight is 383 g/mol. The molecule has 6 heteroatoms. The van der Waals surface area contributed by atoms with Gasteiger partial charge in [-0.3, -0.25) is 9.48 Å². The number of benzene rings is 1. The summed E-state index contributed by atoms with van der Waals surface area (Å²) in [6, 6.07) is 10.2. The van der Waals surface area contributed by atoms with E-state index in [0.717, 1.165) is 23.6 Å². The van der Waals surface area contributed by atoms with Crippen molar-refractivity contribution in [1.29, 1.82) is 0 Å². The first kappa shape index (κ1) is 19.0. The van der Waals surface area contributed by atoms with Crippen LogP contribution in [0.1, 0.15) is 42.6 Å². The third-order valence-corrected chi connectivity index (χ3v) is 6.25. The minimum atomic E-state index is -0.0518. The minimum absolute atomic E-state index is 0.0518. The van der Waals surface area contributed by atoms with E-state index in [2.05, 4.69) is 15.3 Å². The number of fused-ring (bicyclic) bond motifs is 1. The number of para-hydroxylation sites is 1. The van der Waals surface area contributed by atoms with Gasteiger partial charge in [-0.15, -0.1) is 0 Å². The molecule has 2 aliphatic heterocycles. The van der Waals surface area contributed by atoms with Gasteiger partial charge in [0.15, 0.2) is 0 Å². The predicted molar refractivity (Wildman–Crippen MR) is 109 cm³/mol. The summed E-state index contributed by atoms with van der Waals surface area (Å²) in [6.07, 6.45) is 6.34. The summed E-state index contributed by atoms with van der Waals surface area (Å²) in [7, 11) is 3.46. The Morgan fingerprint density at radius 2 is 2.04 bits per heavy atom. The summed E-state index contributed by atoms with van der Waals surface area (Å²) in [6.45, 7) is 3.19. The maximum atomic E-state index is 12.9. The van der Waals surface area contributed by atoms with Crippen LogP contribution < -0.4 is 10.1 Å². The Kier molecular flexibility index (Phi) is 5.67. The number of carbonyl (C=O) groups excluding carboxylic acids is 1. The summed E-state index contributed by atoms with van der Waals surface area (Å²) in [5, 5.41) is 7.72. The van der Waals surface area contributed by atoms with E-state index in [1.807, 2.05) is 37.4 Å². The largest absolute Gasteiger partial charge is 0.496 e. The molecule has 150 valence electrons. The molecule has 2 saturated heterocycles. The summed E-state index contributed by atoms with van der Waals surface area (Å²) < 4.78 is 7.09. The van der Waals surface area contributed by atoms with Crippen LogP contribution in [0.4, 0.5) is 0 Å². The highest BCUT2D eigenvalue weighted by Crippen LogP contribution is 2.31. The molecular formula is C22H30N4O2. The second-order valence-corrected chi connectivity index (χ2v) is 7.95. The lowest BCUT2D eigenvalue weighted by molar-refractivity contribution is 0.0574. The van der Waals surface area contributed by atoms with Gasteiger partial charge in [0.25, 0.3) is 5.91 Å². The molecule has 1 aromatic heterocycles. The van der Waals surface area contributed by atoms with Gasteiger partial charge in [-0.05, 0) is 62.9 Å². The quantitative estimate of drug-likeness (QED) is 0.863. The van der Waals surface area contributed by atoms with Gasteiger partial charge in [0.2, 0.25) is 0 Å². The molecule has 1 amide bonds. The number of aromatic nitrogens is 2.